The molecule has 9 nitrogen and oxygen atoms in total. The molecule has 1 aromatic carbocycles. The summed E-state index contributed by atoms with van der Waals surface area (Å²) < 4.78 is 28.4. The Morgan fingerprint density at radius 2 is 1.61 bits per heavy atom. The largest absolute Gasteiger partial charge is 0.323 e. The fraction of sp³-hybridized carbons (Fsp3) is 0.556. The predicted octanol–water partition coefficient (Wildman–Crippen LogP) is -0.0701. The van der Waals surface area contributed by atoms with Crippen molar-refractivity contribution in [1.82, 2.24) is 13.5 Å². The first kappa shape index (κ1) is 19.3. The van der Waals surface area contributed by atoms with Crippen LogP contribution in [0, 0.1) is 0 Å². The first-order chi connectivity index (χ1) is 13.4. The zero-order valence-electron chi connectivity index (χ0n) is 15.7. The number of carbonyl (C=O) groups is 2. The molecule has 1 N–H and O–H groups in total. The van der Waals surface area contributed by atoms with Gasteiger partial charge in [0.1, 0.15) is 6.54 Å². The second kappa shape index (κ2) is 7.78. The number of benzene rings is 1. The minimum absolute atomic E-state index is 0.000842. The molecule has 0 spiro atoms. The second-order valence-corrected chi connectivity index (χ2v) is 9.26. The number of carbonyl (C=O) groups excluding carboxylic acids is 2. The van der Waals surface area contributed by atoms with Crippen LogP contribution in [0.3, 0.4) is 0 Å². The molecule has 0 bridgehead atoms. The van der Waals surface area contributed by atoms with E-state index in [0.29, 0.717) is 50.6 Å². The molecule has 0 saturated carbocycles. The number of rotatable bonds is 4. The zero-order valence-corrected chi connectivity index (χ0v) is 16.5. The standard InChI is InChI=1S/C18H25N5O4S/c24-17-13-23(16-6-2-1-5-15(16)19-17)18(25)14-20-9-11-22(12-10-20)28(26,27)21-7-3-4-8-21/h1-2,5-6H,3-4,7-14H2,(H,19,24). The molecule has 2 saturated heterocycles. The molecule has 28 heavy (non-hydrogen) atoms. The Balaban J connectivity index is 1.36. The van der Waals surface area contributed by atoms with Gasteiger partial charge in [-0.3, -0.25) is 19.4 Å². The highest BCUT2D eigenvalue weighted by Gasteiger charge is 2.35. The van der Waals surface area contributed by atoms with Crippen LogP contribution in [0.5, 0.6) is 0 Å². The average molecular weight is 407 g/mol. The van der Waals surface area contributed by atoms with Crippen LogP contribution < -0.4 is 10.2 Å². The van der Waals surface area contributed by atoms with Crippen LogP contribution >= 0.6 is 0 Å². The van der Waals surface area contributed by atoms with E-state index in [1.54, 1.807) is 10.4 Å². The Morgan fingerprint density at radius 1 is 0.964 bits per heavy atom. The van der Waals surface area contributed by atoms with Crippen molar-refractivity contribution in [3.05, 3.63) is 24.3 Å². The third-order valence-corrected chi connectivity index (χ3v) is 7.51. The van der Waals surface area contributed by atoms with Gasteiger partial charge in [0.25, 0.3) is 10.2 Å². The third kappa shape index (κ3) is 3.77. The maximum Gasteiger partial charge on any atom is 0.282 e. The van der Waals surface area contributed by atoms with Crippen molar-refractivity contribution >= 4 is 33.4 Å². The van der Waals surface area contributed by atoms with E-state index in [9.17, 15) is 18.0 Å². The summed E-state index contributed by atoms with van der Waals surface area (Å²) in [5.41, 5.74) is 1.33. The van der Waals surface area contributed by atoms with Crippen molar-refractivity contribution in [3.8, 4) is 0 Å². The van der Waals surface area contributed by atoms with Crippen LogP contribution in [-0.4, -0.2) is 86.1 Å². The fourth-order valence-corrected chi connectivity index (χ4v) is 5.60. The number of piperazine rings is 1. The summed E-state index contributed by atoms with van der Waals surface area (Å²) in [6.45, 7) is 3.11. The summed E-state index contributed by atoms with van der Waals surface area (Å²) in [7, 11) is -3.39. The van der Waals surface area contributed by atoms with E-state index in [0.717, 1.165) is 12.8 Å². The number of hydrogen-bond acceptors (Lipinski definition) is 5. The van der Waals surface area contributed by atoms with E-state index in [1.807, 2.05) is 23.1 Å². The van der Waals surface area contributed by atoms with Gasteiger partial charge in [-0.2, -0.15) is 17.0 Å². The van der Waals surface area contributed by atoms with Crippen molar-refractivity contribution < 1.29 is 18.0 Å². The normalized spacial score (nSPS) is 22.1. The lowest BCUT2D eigenvalue weighted by molar-refractivity contribution is -0.122. The molecule has 2 fully saturated rings. The van der Waals surface area contributed by atoms with Gasteiger partial charge in [0, 0.05) is 39.3 Å². The predicted molar refractivity (Wildman–Crippen MR) is 105 cm³/mol. The lowest BCUT2D eigenvalue weighted by Gasteiger charge is -2.36. The Bertz CT molecular complexity index is 860. The number of nitrogens with one attached hydrogen (secondary N) is 1. The highest BCUT2D eigenvalue weighted by molar-refractivity contribution is 7.86. The summed E-state index contributed by atoms with van der Waals surface area (Å²) in [6.07, 6.45) is 1.83. The lowest BCUT2D eigenvalue weighted by Crippen LogP contribution is -2.55. The average Bonchev–Trinajstić information content (AvgIpc) is 3.23. The molecule has 3 heterocycles. The SMILES string of the molecule is O=C1CN(C(=O)CN2CCN(S(=O)(=O)N3CCCC3)CC2)c2ccccc2N1. The molecule has 3 aliphatic heterocycles. The number of anilines is 2. The first-order valence-corrected chi connectivity index (χ1v) is 11.0. The topological polar surface area (TPSA) is 93.3 Å². The molecular formula is C18H25N5O4S. The number of amides is 2. The molecule has 0 atom stereocenters. The number of para-hydroxylation sites is 2. The minimum Gasteiger partial charge on any atom is -0.323 e. The van der Waals surface area contributed by atoms with Gasteiger partial charge in [-0.15, -0.1) is 0 Å². The minimum atomic E-state index is -3.39. The summed E-state index contributed by atoms with van der Waals surface area (Å²) in [5.74, 6) is -0.369. The van der Waals surface area contributed by atoms with Gasteiger partial charge in [-0.1, -0.05) is 12.1 Å². The first-order valence-electron chi connectivity index (χ1n) is 9.62. The smallest absolute Gasteiger partial charge is 0.282 e. The van der Waals surface area contributed by atoms with E-state index in [4.69, 9.17) is 0 Å². The summed E-state index contributed by atoms with van der Waals surface area (Å²) in [4.78, 5) is 28.2. The molecule has 152 valence electrons. The van der Waals surface area contributed by atoms with E-state index in [2.05, 4.69) is 5.32 Å². The van der Waals surface area contributed by atoms with Gasteiger partial charge in [-0.05, 0) is 25.0 Å². The Labute approximate surface area is 165 Å². The maximum atomic E-state index is 12.8. The van der Waals surface area contributed by atoms with Gasteiger partial charge >= 0.3 is 0 Å². The Morgan fingerprint density at radius 3 is 2.32 bits per heavy atom. The number of nitrogens with zero attached hydrogens (tertiary/aromatic N) is 4. The third-order valence-electron chi connectivity index (χ3n) is 5.48. The van der Waals surface area contributed by atoms with Crippen LogP contribution in [0.25, 0.3) is 0 Å². The lowest BCUT2D eigenvalue weighted by atomic mass is 10.2. The van der Waals surface area contributed by atoms with Gasteiger partial charge in [0.05, 0.1) is 17.9 Å². The quantitative estimate of drug-likeness (QED) is 0.754. The van der Waals surface area contributed by atoms with E-state index in [1.165, 1.54) is 9.21 Å². The Hall–Kier alpha value is -2.01. The van der Waals surface area contributed by atoms with Crippen LogP contribution in [0.4, 0.5) is 11.4 Å². The molecule has 2 amide bonds. The van der Waals surface area contributed by atoms with E-state index < -0.39 is 10.2 Å². The van der Waals surface area contributed by atoms with Gasteiger partial charge in [-0.25, -0.2) is 0 Å². The maximum absolute atomic E-state index is 12.8. The van der Waals surface area contributed by atoms with Crippen LogP contribution in [0.15, 0.2) is 24.3 Å². The summed E-state index contributed by atoms with van der Waals surface area (Å²) >= 11 is 0. The van der Waals surface area contributed by atoms with Crippen molar-refractivity contribution in [2.24, 2.45) is 0 Å². The van der Waals surface area contributed by atoms with Gasteiger partial charge in [0.15, 0.2) is 0 Å². The molecular weight excluding hydrogens is 382 g/mol. The highest BCUT2D eigenvalue weighted by Crippen LogP contribution is 2.29. The van der Waals surface area contributed by atoms with Crippen LogP contribution in [-0.2, 0) is 19.8 Å². The molecule has 1 aromatic rings. The molecule has 0 radical (unpaired) electrons. The molecule has 0 aromatic heterocycles. The fourth-order valence-electron chi connectivity index (χ4n) is 3.93. The van der Waals surface area contributed by atoms with Crippen molar-refractivity contribution in [3.63, 3.8) is 0 Å². The zero-order chi connectivity index (χ0) is 19.7. The van der Waals surface area contributed by atoms with Crippen LogP contribution in [0.1, 0.15) is 12.8 Å². The molecule has 10 heteroatoms. The molecule has 3 aliphatic rings. The van der Waals surface area contributed by atoms with Gasteiger partial charge < -0.3 is 5.32 Å². The second-order valence-electron chi connectivity index (χ2n) is 7.33. The monoisotopic (exact) mass is 407 g/mol. The van der Waals surface area contributed by atoms with Crippen molar-refractivity contribution in [2.75, 3.05) is 62.6 Å². The highest BCUT2D eigenvalue weighted by atomic mass is 32.2. The summed E-state index contributed by atoms with van der Waals surface area (Å²) in [5, 5.41) is 2.77. The van der Waals surface area contributed by atoms with E-state index >= 15 is 0 Å². The molecule has 0 unspecified atom stereocenters. The number of hydrogen-bond donors (Lipinski definition) is 1. The van der Waals surface area contributed by atoms with E-state index in [-0.39, 0.29) is 24.9 Å². The molecule has 0 aliphatic carbocycles. The van der Waals surface area contributed by atoms with Crippen molar-refractivity contribution in [2.45, 2.75) is 12.8 Å². The number of fused-ring (bicyclic) bond motifs is 1. The Kier molecular flexibility index (Phi) is 5.37. The van der Waals surface area contributed by atoms with Crippen LogP contribution in [0.2, 0.25) is 0 Å². The van der Waals surface area contributed by atoms with Crippen molar-refractivity contribution in [1.29, 1.82) is 0 Å². The molecule has 4 rings (SSSR count). The van der Waals surface area contributed by atoms with Gasteiger partial charge in [0.2, 0.25) is 11.8 Å². The summed E-state index contributed by atoms with van der Waals surface area (Å²) in [6, 6.07) is 7.23.